The molecule has 0 aromatic heterocycles. The third-order valence-corrected chi connectivity index (χ3v) is 6.01. The molecule has 0 aliphatic heterocycles. The minimum absolute atomic E-state index is 0.100. The second-order valence-corrected chi connectivity index (χ2v) is 7.47. The van der Waals surface area contributed by atoms with Gasteiger partial charge in [0.15, 0.2) is 11.5 Å². The van der Waals surface area contributed by atoms with E-state index >= 15 is 0 Å². The molecule has 0 radical (unpaired) electrons. The zero-order chi connectivity index (χ0) is 20.2. The molecule has 0 unspecified atom stereocenters. The van der Waals surface area contributed by atoms with E-state index in [0.717, 1.165) is 6.07 Å². The van der Waals surface area contributed by atoms with Gasteiger partial charge in [0.25, 0.3) is 5.69 Å². The van der Waals surface area contributed by atoms with Crippen LogP contribution in [0.15, 0.2) is 41.3 Å². The third-order valence-electron chi connectivity index (χ3n) is 3.97. The number of benzene rings is 2. The number of aromatic hydroxyl groups is 1. The summed E-state index contributed by atoms with van der Waals surface area (Å²) in [5, 5.41) is 24.1. The molecule has 0 spiro atoms. The molecule has 2 rings (SSSR count). The Morgan fingerprint density at radius 3 is 2.37 bits per heavy atom. The molecule has 10 heteroatoms. The second kappa shape index (κ2) is 8.23. The number of nitro benzene ring substituents is 1. The average molecular weight is 395 g/mol. The van der Waals surface area contributed by atoms with Crippen molar-refractivity contribution < 1.29 is 23.2 Å². The highest BCUT2D eigenvalue weighted by atomic mass is 32.2. The van der Waals surface area contributed by atoms with Crippen LogP contribution in [0.4, 0.5) is 17.1 Å². The SMILES string of the molecule is CCN(CC)S(=O)(=O)c1ccc(Nc2ccc(OC)c(O)c2)c([N+](=O)[O-])c1. The zero-order valence-corrected chi connectivity index (χ0v) is 16.0. The topological polar surface area (TPSA) is 122 Å². The number of phenols is 1. The third kappa shape index (κ3) is 4.29. The van der Waals surface area contributed by atoms with Crippen LogP contribution < -0.4 is 10.1 Å². The Labute approximate surface area is 157 Å². The van der Waals surface area contributed by atoms with E-state index in [-0.39, 0.29) is 35.2 Å². The first-order chi connectivity index (χ1) is 12.7. The Hall–Kier alpha value is -2.85. The lowest BCUT2D eigenvalue weighted by molar-refractivity contribution is -0.384. The molecule has 0 bridgehead atoms. The van der Waals surface area contributed by atoms with Gasteiger partial charge in [0.05, 0.1) is 16.9 Å². The molecule has 0 aliphatic carbocycles. The summed E-state index contributed by atoms with van der Waals surface area (Å²) in [6.07, 6.45) is 0. The van der Waals surface area contributed by atoms with Crippen LogP contribution in [0, 0.1) is 10.1 Å². The van der Waals surface area contributed by atoms with Gasteiger partial charge >= 0.3 is 0 Å². The van der Waals surface area contributed by atoms with Gasteiger partial charge in [-0.25, -0.2) is 8.42 Å². The number of hydrogen-bond donors (Lipinski definition) is 2. The molecule has 0 heterocycles. The predicted molar refractivity (Wildman–Crippen MR) is 101 cm³/mol. The van der Waals surface area contributed by atoms with Crippen molar-refractivity contribution in [3.8, 4) is 11.5 Å². The summed E-state index contributed by atoms with van der Waals surface area (Å²) in [6.45, 7) is 3.92. The summed E-state index contributed by atoms with van der Waals surface area (Å²) in [6, 6.07) is 8.09. The van der Waals surface area contributed by atoms with Crippen LogP contribution in [0.1, 0.15) is 13.8 Å². The molecule has 0 atom stereocenters. The summed E-state index contributed by atoms with van der Waals surface area (Å²) >= 11 is 0. The second-order valence-electron chi connectivity index (χ2n) is 5.54. The van der Waals surface area contributed by atoms with Crippen LogP contribution in [-0.2, 0) is 10.0 Å². The van der Waals surface area contributed by atoms with Crippen LogP contribution in [0.25, 0.3) is 0 Å². The minimum Gasteiger partial charge on any atom is -0.504 e. The number of nitro groups is 1. The van der Waals surface area contributed by atoms with Crippen LogP contribution in [-0.4, -0.2) is 43.0 Å². The number of phenolic OH excluding ortho intramolecular Hbond substituents is 1. The Kier molecular flexibility index (Phi) is 6.24. The molecule has 0 amide bonds. The molecule has 9 nitrogen and oxygen atoms in total. The molecule has 2 aromatic carbocycles. The van der Waals surface area contributed by atoms with Crippen molar-refractivity contribution in [2.24, 2.45) is 0 Å². The van der Waals surface area contributed by atoms with Gasteiger partial charge < -0.3 is 15.2 Å². The van der Waals surface area contributed by atoms with E-state index in [0.29, 0.717) is 5.69 Å². The minimum atomic E-state index is -3.82. The lowest BCUT2D eigenvalue weighted by atomic mass is 10.2. The molecular formula is C17H21N3O6S. The van der Waals surface area contributed by atoms with E-state index in [1.54, 1.807) is 19.9 Å². The molecular weight excluding hydrogens is 374 g/mol. The lowest BCUT2D eigenvalue weighted by Gasteiger charge is -2.18. The standard InChI is InChI=1S/C17H21N3O6S/c1-4-19(5-2)27(24,25)13-7-8-14(15(11-13)20(22)23)18-12-6-9-17(26-3)16(21)10-12/h6-11,18,21H,4-5H2,1-3H3. The number of nitrogens with zero attached hydrogens (tertiary/aromatic N) is 2. The van der Waals surface area contributed by atoms with Gasteiger partial charge in [-0.15, -0.1) is 0 Å². The predicted octanol–water partition coefficient (Wildman–Crippen LogP) is 3.08. The van der Waals surface area contributed by atoms with Crippen LogP contribution >= 0.6 is 0 Å². The number of nitrogens with one attached hydrogen (secondary N) is 1. The number of anilines is 2. The zero-order valence-electron chi connectivity index (χ0n) is 15.2. The Morgan fingerprint density at radius 1 is 1.19 bits per heavy atom. The highest BCUT2D eigenvalue weighted by Crippen LogP contribution is 2.34. The number of hydrogen-bond acceptors (Lipinski definition) is 7. The molecule has 0 saturated heterocycles. The van der Waals surface area contributed by atoms with Crippen LogP contribution in [0.5, 0.6) is 11.5 Å². The molecule has 2 aromatic rings. The fourth-order valence-corrected chi connectivity index (χ4v) is 4.04. The number of methoxy groups -OCH3 is 1. The van der Waals surface area contributed by atoms with Gasteiger partial charge in [0.1, 0.15) is 5.69 Å². The maximum atomic E-state index is 12.6. The maximum Gasteiger partial charge on any atom is 0.294 e. The molecule has 2 N–H and O–H groups in total. The van der Waals surface area contributed by atoms with E-state index in [1.807, 2.05) is 0 Å². The van der Waals surface area contributed by atoms with Crippen molar-refractivity contribution in [2.75, 3.05) is 25.5 Å². The van der Waals surface area contributed by atoms with E-state index in [2.05, 4.69) is 5.32 Å². The van der Waals surface area contributed by atoms with Gasteiger partial charge in [-0.1, -0.05) is 13.8 Å². The van der Waals surface area contributed by atoms with Crippen LogP contribution in [0.2, 0.25) is 0 Å². The molecule has 0 aliphatic rings. The Bertz CT molecular complexity index is 942. The van der Waals surface area contributed by atoms with E-state index in [4.69, 9.17) is 4.74 Å². The quantitative estimate of drug-likeness (QED) is 0.520. The smallest absolute Gasteiger partial charge is 0.294 e. The summed E-state index contributed by atoms with van der Waals surface area (Å²) < 4.78 is 31.4. The average Bonchev–Trinajstić information content (AvgIpc) is 2.62. The fraction of sp³-hybridized carbons (Fsp3) is 0.294. The van der Waals surface area contributed by atoms with Gasteiger partial charge in [-0.2, -0.15) is 4.31 Å². The normalized spacial score (nSPS) is 11.4. The molecule has 0 fully saturated rings. The van der Waals surface area contributed by atoms with E-state index < -0.39 is 20.6 Å². The lowest BCUT2D eigenvalue weighted by Crippen LogP contribution is -2.30. The van der Waals surface area contributed by atoms with Crippen molar-refractivity contribution in [1.82, 2.24) is 4.31 Å². The Morgan fingerprint density at radius 2 is 1.85 bits per heavy atom. The summed E-state index contributed by atoms with van der Waals surface area (Å²) in [5.41, 5.74) is 0.0948. The van der Waals surface area contributed by atoms with Crippen molar-refractivity contribution in [3.63, 3.8) is 0 Å². The largest absolute Gasteiger partial charge is 0.504 e. The van der Waals surface area contributed by atoms with E-state index in [9.17, 15) is 23.6 Å². The molecule has 0 saturated carbocycles. The van der Waals surface area contributed by atoms with E-state index in [1.165, 1.54) is 35.7 Å². The fourth-order valence-electron chi connectivity index (χ4n) is 2.56. The highest BCUT2D eigenvalue weighted by Gasteiger charge is 2.25. The van der Waals surface area contributed by atoms with Crippen LogP contribution in [0.3, 0.4) is 0 Å². The summed E-state index contributed by atoms with van der Waals surface area (Å²) in [7, 11) is -2.41. The van der Waals surface area contributed by atoms with Gasteiger partial charge in [0.2, 0.25) is 10.0 Å². The number of rotatable bonds is 8. The Balaban J connectivity index is 2.45. The summed E-state index contributed by atoms with van der Waals surface area (Å²) in [5.74, 6) is 0.126. The van der Waals surface area contributed by atoms with Crippen molar-refractivity contribution in [1.29, 1.82) is 0 Å². The molecule has 146 valence electrons. The first-order valence-corrected chi connectivity index (χ1v) is 9.61. The molecule has 27 heavy (non-hydrogen) atoms. The maximum absolute atomic E-state index is 12.6. The number of sulfonamides is 1. The van der Waals surface area contributed by atoms with Gasteiger partial charge in [0, 0.05) is 30.9 Å². The summed E-state index contributed by atoms with van der Waals surface area (Å²) in [4.78, 5) is 10.6. The monoisotopic (exact) mass is 395 g/mol. The number of ether oxygens (including phenoxy) is 1. The highest BCUT2D eigenvalue weighted by molar-refractivity contribution is 7.89. The van der Waals surface area contributed by atoms with Crippen molar-refractivity contribution >= 4 is 27.1 Å². The first kappa shape index (κ1) is 20.5. The van der Waals surface area contributed by atoms with Crippen molar-refractivity contribution in [2.45, 2.75) is 18.7 Å². The van der Waals surface area contributed by atoms with Gasteiger partial charge in [-0.05, 0) is 24.3 Å². The van der Waals surface area contributed by atoms with Crippen molar-refractivity contribution in [3.05, 3.63) is 46.5 Å². The first-order valence-electron chi connectivity index (χ1n) is 8.17. The van der Waals surface area contributed by atoms with Gasteiger partial charge in [-0.3, -0.25) is 10.1 Å².